The van der Waals surface area contributed by atoms with Crippen molar-refractivity contribution in [1.29, 1.82) is 0 Å². The highest BCUT2D eigenvalue weighted by atomic mass is 28.4. The second kappa shape index (κ2) is 10.4. The molecular formula is C17H36O4Si. The Morgan fingerprint density at radius 3 is 1.82 bits per heavy atom. The van der Waals surface area contributed by atoms with Gasteiger partial charge in [0.2, 0.25) is 14.6 Å². The zero-order valence-corrected chi connectivity index (χ0v) is 16.8. The van der Waals surface area contributed by atoms with E-state index >= 15 is 0 Å². The minimum Gasteiger partial charge on any atom is -0.436 e. The number of esters is 1. The van der Waals surface area contributed by atoms with Crippen molar-refractivity contribution < 1.29 is 18.7 Å². The molecule has 0 aromatic carbocycles. The Balaban J connectivity index is 5.33. The maximum atomic E-state index is 11.6. The molecule has 0 aliphatic carbocycles. The molecule has 0 saturated heterocycles. The van der Waals surface area contributed by atoms with Crippen molar-refractivity contribution in [2.24, 2.45) is 0 Å². The van der Waals surface area contributed by atoms with E-state index in [4.69, 9.17) is 13.9 Å². The van der Waals surface area contributed by atoms with Gasteiger partial charge in [0.25, 0.3) is 0 Å². The first-order chi connectivity index (χ1) is 10.3. The van der Waals surface area contributed by atoms with Crippen LogP contribution >= 0.6 is 0 Å². The van der Waals surface area contributed by atoms with Gasteiger partial charge in [-0.15, -0.1) is 0 Å². The molecule has 0 saturated carbocycles. The summed E-state index contributed by atoms with van der Waals surface area (Å²) in [5.41, 5.74) is 0.913. The lowest BCUT2D eigenvalue weighted by Crippen LogP contribution is -2.57. The largest absolute Gasteiger partial charge is 0.436 e. The first-order valence-corrected chi connectivity index (χ1v) is 10.9. The van der Waals surface area contributed by atoms with E-state index in [1.54, 1.807) is 6.92 Å². The Hall–Kier alpha value is -0.393. The molecule has 0 heterocycles. The Bertz CT molecular complexity index is 310. The average molecular weight is 333 g/mol. The maximum Gasteiger partial charge on any atom is 0.307 e. The van der Waals surface area contributed by atoms with Crippen LogP contribution in [0, 0.1) is 0 Å². The molecule has 0 spiro atoms. The van der Waals surface area contributed by atoms with Gasteiger partial charge in [0.15, 0.2) is 0 Å². The van der Waals surface area contributed by atoms with Crippen LogP contribution in [0.1, 0.15) is 74.7 Å². The van der Waals surface area contributed by atoms with Crippen molar-refractivity contribution in [2.45, 2.75) is 97.8 Å². The maximum absolute atomic E-state index is 11.6. The zero-order valence-electron chi connectivity index (χ0n) is 15.8. The fourth-order valence-electron chi connectivity index (χ4n) is 3.23. The van der Waals surface area contributed by atoms with E-state index in [1.165, 1.54) is 0 Å². The van der Waals surface area contributed by atoms with E-state index in [9.17, 15) is 4.79 Å². The number of carbonyl (C=O) groups excluding carboxylic acids is 1. The summed E-state index contributed by atoms with van der Waals surface area (Å²) < 4.78 is 18.0. The van der Waals surface area contributed by atoms with E-state index < -0.39 is 14.6 Å². The van der Waals surface area contributed by atoms with Gasteiger partial charge < -0.3 is 13.9 Å². The van der Waals surface area contributed by atoms with Crippen molar-refractivity contribution in [3.63, 3.8) is 0 Å². The Morgan fingerprint density at radius 1 is 0.955 bits per heavy atom. The van der Waals surface area contributed by atoms with Gasteiger partial charge in [-0.05, 0) is 24.4 Å². The summed E-state index contributed by atoms with van der Waals surface area (Å²) in [6.07, 6.45) is 1.44. The molecule has 22 heavy (non-hydrogen) atoms. The van der Waals surface area contributed by atoms with Crippen molar-refractivity contribution in [3.8, 4) is 0 Å². The minimum absolute atomic E-state index is 0.0297. The summed E-state index contributed by atoms with van der Waals surface area (Å²) in [5.74, 6) is -0.209. The number of ether oxygens (including phenoxy) is 2. The third-order valence-electron chi connectivity index (χ3n) is 4.27. The van der Waals surface area contributed by atoms with Gasteiger partial charge in [-0.3, -0.25) is 4.79 Å². The Labute approximate surface area is 138 Å². The highest BCUT2D eigenvalue weighted by Gasteiger charge is 2.49. The van der Waals surface area contributed by atoms with E-state index in [0.29, 0.717) is 30.5 Å². The SMILES string of the molecule is CCO[Si](C(C)C)(C(C)C)C(CC)OC(CC)OC(=O)CC. The molecule has 0 fully saturated rings. The molecular weight excluding hydrogens is 296 g/mol. The lowest BCUT2D eigenvalue weighted by atomic mass is 10.4. The van der Waals surface area contributed by atoms with Crippen molar-refractivity contribution in [2.75, 3.05) is 6.61 Å². The van der Waals surface area contributed by atoms with E-state index in [-0.39, 0.29) is 11.7 Å². The molecule has 0 aliphatic heterocycles. The molecule has 132 valence electrons. The van der Waals surface area contributed by atoms with Crippen LogP contribution in [0.2, 0.25) is 11.1 Å². The summed E-state index contributed by atoms with van der Waals surface area (Å²) >= 11 is 0. The third kappa shape index (κ3) is 5.35. The summed E-state index contributed by atoms with van der Waals surface area (Å²) in [6, 6.07) is 0. The molecule has 2 atom stereocenters. The van der Waals surface area contributed by atoms with E-state index in [2.05, 4.69) is 34.6 Å². The fourth-order valence-corrected chi connectivity index (χ4v) is 8.40. The van der Waals surface area contributed by atoms with Crippen LogP contribution in [0.5, 0.6) is 0 Å². The van der Waals surface area contributed by atoms with Crippen molar-refractivity contribution in [1.82, 2.24) is 0 Å². The quantitative estimate of drug-likeness (QED) is 0.309. The topological polar surface area (TPSA) is 44.8 Å². The standard InChI is InChI=1S/C17H36O4Si/c1-9-15(18)20-16(10-2)21-17(11-3)22(13(5)6,14(7)8)19-12-4/h13-14,16-17H,9-12H2,1-8H3. The Kier molecular flexibility index (Phi) is 10.2. The highest BCUT2D eigenvalue weighted by Crippen LogP contribution is 2.39. The molecule has 0 rings (SSSR count). The third-order valence-corrected chi connectivity index (χ3v) is 10.2. The molecule has 0 aromatic heterocycles. The molecule has 0 N–H and O–H groups in total. The summed E-state index contributed by atoms with van der Waals surface area (Å²) in [5, 5.41) is 0. The predicted molar refractivity (Wildman–Crippen MR) is 93.2 cm³/mol. The van der Waals surface area contributed by atoms with Gasteiger partial charge in [0.05, 0.1) is 5.73 Å². The van der Waals surface area contributed by atoms with Crippen molar-refractivity contribution in [3.05, 3.63) is 0 Å². The van der Waals surface area contributed by atoms with Crippen LogP contribution in [0.15, 0.2) is 0 Å². The van der Waals surface area contributed by atoms with E-state index in [0.717, 1.165) is 6.42 Å². The lowest BCUT2D eigenvalue weighted by Gasteiger charge is -2.44. The molecule has 0 aromatic rings. The van der Waals surface area contributed by atoms with Crippen LogP contribution < -0.4 is 0 Å². The van der Waals surface area contributed by atoms with Crippen LogP contribution in [0.3, 0.4) is 0 Å². The summed E-state index contributed by atoms with van der Waals surface area (Å²) in [6.45, 7) is 17.6. The highest BCUT2D eigenvalue weighted by molar-refractivity contribution is 6.77. The summed E-state index contributed by atoms with van der Waals surface area (Å²) in [4.78, 5) is 11.6. The predicted octanol–water partition coefficient (Wildman–Crippen LogP) is 4.81. The lowest BCUT2D eigenvalue weighted by molar-refractivity contribution is -0.185. The number of rotatable bonds is 11. The van der Waals surface area contributed by atoms with Gasteiger partial charge in [0.1, 0.15) is 0 Å². The van der Waals surface area contributed by atoms with E-state index in [1.807, 2.05) is 13.8 Å². The van der Waals surface area contributed by atoms with Gasteiger partial charge in [0, 0.05) is 19.4 Å². The van der Waals surface area contributed by atoms with Crippen molar-refractivity contribution >= 4 is 14.3 Å². The fraction of sp³-hybridized carbons (Fsp3) is 0.941. The minimum atomic E-state index is -2.13. The second-order valence-electron chi connectivity index (χ2n) is 6.31. The first kappa shape index (κ1) is 21.6. The van der Waals surface area contributed by atoms with Gasteiger partial charge in [-0.2, -0.15) is 0 Å². The molecule has 0 aliphatic rings. The van der Waals surface area contributed by atoms with Crippen LogP contribution in [-0.4, -0.2) is 32.9 Å². The monoisotopic (exact) mass is 332 g/mol. The number of hydrogen-bond donors (Lipinski definition) is 0. The first-order valence-electron chi connectivity index (χ1n) is 8.78. The van der Waals surface area contributed by atoms with Gasteiger partial charge in [-0.1, -0.05) is 48.5 Å². The summed E-state index contributed by atoms with van der Waals surface area (Å²) in [7, 11) is -2.13. The van der Waals surface area contributed by atoms with Gasteiger partial charge >= 0.3 is 5.97 Å². The van der Waals surface area contributed by atoms with Crippen LogP contribution in [0.25, 0.3) is 0 Å². The number of hydrogen-bond acceptors (Lipinski definition) is 4. The van der Waals surface area contributed by atoms with Crippen LogP contribution in [-0.2, 0) is 18.7 Å². The molecule has 5 heteroatoms. The molecule has 0 amide bonds. The number of carbonyl (C=O) groups is 1. The Morgan fingerprint density at radius 2 is 1.50 bits per heavy atom. The average Bonchev–Trinajstić information content (AvgIpc) is 2.48. The molecule has 0 bridgehead atoms. The van der Waals surface area contributed by atoms with Crippen LogP contribution in [0.4, 0.5) is 0 Å². The zero-order chi connectivity index (χ0) is 17.3. The molecule has 2 unspecified atom stereocenters. The van der Waals surface area contributed by atoms with Gasteiger partial charge in [-0.25, -0.2) is 0 Å². The molecule has 4 nitrogen and oxygen atoms in total. The second-order valence-corrected chi connectivity index (χ2v) is 11.3. The smallest absolute Gasteiger partial charge is 0.307 e. The normalized spacial score (nSPS) is 15.2. The molecule has 0 radical (unpaired) electrons.